The van der Waals surface area contributed by atoms with E-state index in [-0.39, 0.29) is 23.7 Å². The molecule has 1 aromatic carbocycles. The second-order valence-electron chi connectivity index (χ2n) is 15.1. The maximum Gasteiger partial charge on any atom is 0.408 e. The summed E-state index contributed by atoms with van der Waals surface area (Å²) in [5.74, 6) is -0.107. The van der Waals surface area contributed by atoms with E-state index in [0.29, 0.717) is 24.6 Å². The van der Waals surface area contributed by atoms with Crippen molar-refractivity contribution in [1.82, 2.24) is 30.4 Å². The van der Waals surface area contributed by atoms with Crippen molar-refractivity contribution in [2.75, 3.05) is 44.6 Å². The highest BCUT2D eigenvalue weighted by Crippen LogP contribution is 2.39. The van der Waals surface area contributed by atoms with Gasteiger partial charge in [0.25, 0.3) is 0 Å². The summed E-state index contributed by atoms with van der Waals surface area (Å²) in [5, 5.41) is 18.9. The maximum absolute atomic E-state index is 15.0. The topological polar surface area (TPSA) is 150 Å². The predicted octanol–water partition coefficient (Wildman–Crippen LogP) is 6.58. The standard InChI is InChI=1S/C39H50FN7O6S/c1-24(2)34(45-38(50)53-39(3,4)5)36(48)51-19-18-46-14-16-47(17-15-46)23-25-6-10-29(42-22-25)33-21-30-35(54-33)32(12-13-41-30)52-31-11-9-27(20-28(31)40)44-37(49)43-26-7-8-26/h6,9-13,20-22,24,26,34,36,48H,7-8,14-19,23H2,1-5H3,(H,45,50)(H2,43,44,49). The molecule has 290 valence electrons. The number of nitrogens with zero attached hydrogens (tertiary/aromatic N) is 4. The monoisotopic (exact) mass is 763 g/mol. The van der Waals surface area contributed by atoms with Gasteiger partial charge in [0.05, 0.1) is 33.4 Å². The molecule has 0 spiro atoms. The van der Waals surface area contributed by atoms with Gasteiger partial charge in [-0.25, -0.2) is 14.0 Å². The Morgan fingerprint density at radius 1 is 1.02 bits per heavy atom. The third-order valence-electron chi connectivity index (χ3n) is 9.05. The first-order chi connectivity index (χ1) is 25.8. The number of anilines is 1. The Morgan fingerprint density at radius 3 is 2.44 bits per heavy atom. The van der Waals surface area contributed by atoms with Gasteiger partial charge in [0, 0.05) is 75.5 Å². The van der Waals surface area contributed by atoms with Crippen LogP contribution in [0.2, 0.25) is 0 Å². The summed E-state index contributed by atoms with van der Waals surface area (Å²) in [6.45, 7) is 14.5. The number of aliphatic hydroxyl groups excluding tert-OH is 1. The average molecular weight is 764 g/mol. The number of urea groups is 1. The number of alkyl carbamates (subject to hydrolysis) is 1. The Hall–Kier alpha value is -4.41. The van der Waals surface area contributed by atoms with Crippen LogP contribution in [-0.2, 0) is 16.0 Å². The number of aromatic nitrogens is 2. The number of hydrogen-bond acceptors (Lipinski definition) is 11. The molecule has 1 saturated heterocycles. The van der Waals surface area contributed by atoms with Gasteiger partial charge in [-0.15, -0.1) is 11.3 Å². The molecule has 15 heteroatoms. The van der Waals surface area contributed by atoms with E-state index in [1.165, 1.54) is 23.5 Å². The van der Waals surface area contributed by atoms with Crippen LogP contribution in [0.25, 0.3) is 20.8 Å². The van der Waals surface area contributed by atoms with E-state index < -0.39 is 29.8 Å². The molecule has 2 unspecified atom stereocenters. The number of thiophene rings is 1. The third kappa shape index (κ3) is 11.1. The number of nitrogens with one attached hydrogen (secondary N) is 3. The number of carbonyl (C=O) groups is 2. The molecule has 4 aromatic rings. The first-order valence-corrected chi connectivity index (χ1v) is 19.2. The molecule has 3 aromatic heterocycles. The maximum atomic E-state index is 15.0. The van der Waals surface area contributed by atoms with Crippen LogP contribution in [0, 0.1) is 11.7 Å². The molecule has 4 N–H and O–H groups in total. The lowest BCUT2D eigenvalue weighted by Crippen LogP contribution is -2.50. The van der Waals surface area contributed by atoms with E-state index in [2.05, 4.69) is 36.8 Å². The van der Waals surface area contributed by atoms with Gasteiger partial charge in [0.1, 0.15) is 11.4 Å². The fourth-order valence-electron chi connectivity index (χ4n) is 5.99. The van der Waals surface area contributed by atoms with Gasteiger partial charge < -0.3 is 35.3 Å². The van der Waals surface area contributed by atoms with Crippen molar-refractivity contribution >= 4 is 39.4 Å². The van der Waals surface area contributed by atoms with Crippen molar-refractivity contribution in [3.8, 4) is 22.1 Å². The lowest BCUT2D eigenvalue weighted by atomic mass is 10.0. The molecule has 2 atom stereocenters. The van der Waals surface area contributed by atoms with Crippen molar-refractivity contribution in [3.63, 3.8) is 0 Å². The third-order valence-corrected chi connectivity index (χ3v) is 10.2. The number of halogens is 1. The molecule has 2 fully saturated rings. The number of carbonyl (C=O) groups excluding carboxylic acids is 2. The van der Waals surface area contributed by atoms with Crippen molar-refractivity contribution in [2.24, 2.45) is 5.92 Å². The van der Waals surface area contributed by atoms with Gasteiger partial charge in [-0.2, -0.15) is 0 Å². The van der Waals surface area contributed by atoms with E-state index in [1.807, 2.05) is 32.2 Å². The molecule has 1 aliphatic carbocycles. The summed E-state index contributed by atoms with van der Waals surface area (Å²) in [6, 6.07) is 11.4. The normalized spacial score (nSPS) is 16.6. The van der Waals surface area contributed by atoms with Crippen LogP contribution < -0.4 is 20.7 Å². The fraction of sp³-hybridized carbons (Fsp3) is 0.487. The Balaban J connectivity index is 0.965. The zero-order valence-electron chi connectivity index (χ0n) is 31.4. The number of aliphatic hydroxyl groups is 1. The number of amides is 3. The van der Waals surface area contributed by atoms with Crippen molar-refractivity contribution in [3.05, 3.63) is 66.2 Å². The Kier molecular flexibility index (Phi) is 12.6. The van der Waals surface area contributed by atoms with Gasteiger partial charge in [0.15, 0.2) is 17.9 Å². The molecule has 4 heterocycles. The van der Waals surface area contributed by atoms with Gasteiger partial charge in [-0.05, 0) is 69.4 Å². The quantitative estimate of drug-likeness (QED) is 0.104. The molecule has 2 aliphatic rings. The molecule has 1 saturated carbocycles. The SMILES string of the molecule is CC(C)C(NC(=O)OC(C)(C)C)C(O)OCCN1CCN(Cc2ccc(-c3cc4nccc(Oc5ccc(NC(=O)NC6CC6)cc5F)c4s3)nc2)CC1. The van der Waals surface area contributed by atoms with Gasteiger partial charge in [-0.3, -0.25) is 19.8 Å². The zero-order valence-corrected chi connectivity index (χ0v) is 32.2. The highest BCUT2D eigenvalue weighted by atomic mass is 32.1. The van der Waals surface area contributed by atoms with Crippen molar-refractivity contribution < 1.29 is 33.3 Å². The second-order valence-corrected chi connectivity index (χ2v) is 16.2. The molecular formula is C39H50FN7O6S. The Labute approximate surface area is 319 Å². The number of pyridine rings is 2. The number of rotatable bonds is 14. The molecule has 0 bridgehead atoms. The minimum atomic E-state index is -1.14. The number of benzene rings is 1. The van der Waals surface area contributed by atoms with Crippen LogP contribution >= 0.6 is 11.3 Å². The molecule has 13 nitrogen and oxygen atoms in total. The molecule has 3 amide bonds. The number of hydrogen-bond donors (Lipinski definition) is 4. The Morgan fingerprint density at radius 2 is 1.78 bits per heavy atom. The number of ether oxygens (including phenoxy) is 3. The molecule has 0 radical (unpaired) electrons. The minimum Gasteiger partial charge on any atom is -0.453 e. The first kappa shape index (κ1) is 39.3. The largest absolute Gasteiger partial charge is 0.453 e. The summed E-state index contributed by atoms with van der Waals surface area (Å²) in [7, 11) is 0. The van der Waals surface area contributed by atoms with Gasteiger partial charge >= 0.3 is 12.1 Å². The summed E-state index contributed by atoms with van der Waals surface area (Å²) < 4.78 is 32.8. The molecule has 54 heavy (non-hydrogen) atoms. The fourth-order valence-corrected chi connectivity index (χ4v) is 7.03. The molecule has 1 aliphatic heterocycles. The van der Waals surface area contributed by atoms with Crippen LogP contribution in [0.3, 0.4) is 0 Å². The predicted molar refractivity (Wildman–Crippen MR) is 206 cm³/mol. The Bertz CT molecular complexity index is 1890. The van der Waals surface area contributed by atoms with Crippen LogP contribution in [0.1, 0.15) is 53.0 Å². The highest BCUT2D eigenvalue weighted by Gasteiger charge is 2.28. The summed E-state index contributed by atoms with van der Waals surface area (Å²) in [6.07, 6.45) is 3.74. The van der Waals surface area contributed by atoms with E-state index in [0.717, 1.165) is 71.9 Å². The first-order valence-electron chi connectivity index (χ1n) is 18.4. The van der Waals surface area contributed by atoms with Crippen molar-refractivity contribution in [2.45, 2.75) is 78.0 Å². The lowest BCUT2D eigenvalue weighted by molar-refractivity contribution is -0.131. The van der Waals surface area contributed by atoms with E-state index in [9.17, 15) is 19.1 Å². The van der Waals surface area contributed by atoms with E-state index >= 15 is 0 Å². The van der Waals surface area contributed by atoms with Crippen molar-refractivity contribution in [1.29, 1.82) is 0 Å². The van der Waals surface area contributed by atoms with Crippen LogP contribution in [-0.4, -0.2) is 100 Å². The minimum absolute atomic E-state index is 0.0468. The summed E-state index contributed by atoms with van der Waals surface area (Å²) in [4.78, 5) is 39.2. The second kappa shape index (κ2) is 17.4. The van der Waals surface area contributed by atoms with E-state index in [4.69, 9.17) is 19.2 Å². The summed E-state index contributed by atoms with van der Waals surface area (Å²) in [5.41, 5.74) is 2.36. The highest BCUT2D eigenvalue weighted by molar-refractivity contribution is 7.22. The van der Waals surface area contributed by atoms with Crippen LogP contribution in [0.5, 0.6) is 11.5 Å². The van der Waals surface area contributed by atoms with Gasteiger partial charge in [-0.1, -0.05) is 19.9 Å². The van der Waals surface area contributed by atoms with Crippen LogP contribution in [0.4, 0.5) is 19.7 Å². The summed E-state index contributed by atoms with van der Waals surface area (Å²) >= 11 is 1.48. The number of piperazine rings is 1. The number of fused-ring (bicyclic) bond motifs is 1. The zero-order chi connectivity index (χ0) is 38.4. The lowest BCUT2D eigenvalue weighted by Gasteiger charge is -2.35. The van der Waals surface area contributed by atoms with Crippen LogP contribution in [0.15, 0.2) is 54.9 Å². The van der Waals surface area contributed by atoms with Gasteiger partial charge in [0.2, 0.25) is 0 Å². The smallest absolute Gasteiger partial charge is 0.408 e. The van der Waals surface area contributed by atoms with E-state index in [1.54, 1.807) is 39.1 Å². The molecular weight excluding hydrogens is 714 g/mol. The molecule has 6 rings (SSSR count). The average Bonchev–Trinajstić information content (AvgIpc) is 3.81.